The highest BCUT2D eigenvalue weighted by atomic mass is 35.5. The number of rotatable bonds is 7. The molecular formula is C16H14ClN3OS3. The first kappa shape index (κ1) is 17.4. The fourth-order valence-electron chi connectivity index (χ4n) is 1.98. The number of aromatic nitrogens is 2. The maximum absolute atomic E-state index is 12.0. The summed E-state index contributed by atoms with van der Waals surface area (Å²) in [6.07, 6.45) is 0.964. The Kier molecular flexibility index (Phi) is 6.25. The average molecular weight is 396 g/mol. The predicted molar refractivity (Wildman–Crippen MR) is 102 cm³/mol. The number of anilines is 1. The topological polar surface area (TPSA) is 54.9 Å². The van der Waals surface area contributed by atoms with E-state index in [4.69, 9.17) is 11.6 Å². The van der Waals surface area contributed by atoms with Crippen molar-refractivity contribution in [3.05, 3.63) is 57.2 Å². The molecule has 4 nitrogen and oxygen atoms in total. The number of hydrogen-bond acceptors (Lipinski definition) is 6. The second kappa shape index (κ2) is 8.62. The third kappa shape index (κ3) is 5.04. The van der Waals surface area contributed by atoms with Gasteiger partial charge in [-0.15, -0.1) is 21.5 Å². The lowest BCUT2D eigenvalue weighted by Crippen LogP contribution is -2.12. The van der Waals surface area contributed by atoms with Crippen molar-refractivity contribution in [2.24, 2.45) is 0 Å². The van der Waals surface area contributed by atoms with Gasteiger partial charge in [-0.25, -0.2) is 0 Å². The summed E-state index contributed by atoms with van der Waals surface area (Å²) in [5.41, 5.74) is 0.971. The lowest BCUT2D eigenvalue weighted by atomic mass is 10.1. The second-order valence-electron chi connectivity index (χ2n) is 4.88. The summed E-state index contributed by atoms with van der Waals surface area (Å²) in [4.78, 5) is 13.3. The van der Waals surface area contributed by atoms with Gasteiger partial charge in [-0.2, -0.15) is 0 Å². The van der Waals surface area contributed by atoms with Crippen molar-refractivity contribution in [2.75, 3.05) is 5.32 Å². The van der Waals surface area contributed by atoms with Crippen LogP contribution in [0.3, 0.4) is 0 Å². The highest BCUT2D eigenvalue weighted by Crippen LogP contribution is 2.29. The Morgan fingerprint density at radius 3 is 2.88 bits per heavy atom. The third-order valence-electron chi connectivity index (χ3n) is 3.15. The maximum atomic E-state index is 12.0. The van der Waals surface area contributed by atoms with E-state index in [1.54, 1.807) is 23.1 Å². The summed E-state index contributed by atoms with van der Waals surface area (Å²) >= 11 is 10.8. The van der Waals surface area contributed by atoms with Crippen molar-refractivity contribution in [3.63, 3.8) is 0 Å². The summed E-state index contributed by atoms with van der Waals surface area (Å²) in [6, 6.07) is 11.7. The minimum atomic E-state index is -0.0825. The lowest BCUT2D eigenvalue weighted by Gasteiger charge is -2.03. The van der Waals surface area contributed by atoms with Crippen LogP contribution >= 0.6 is 46.0 Å². The monoisotopic (exact) mass is 395 g/mol. The van der Waals surface area contributed by atoms with Crippen molar-refractivity contribution in [1.82, 2.24) is 10.2 Å². The van der Waals surface area contributed by atoms with Gasteiger partial charge < -0.3 is 5.32 Å². The molecule has 0 unspecified atom stereocenters. The number of nitrogens with one attached hydrogen (secondary N) is 1. The summed E-state index contributed by atoms with van der Waals surface area (Å²) in [7, 11) is 0. The Bertz CT molecular complexity index is 805. The van der Waals surface area contributed by atoms with E-state index >= 15 is 0 Å². The number of carbonyl (C=O) groups excluding carboxylic acids is 1. The number of thiophene rings is 1. The van der Waals surface area contributed by atoms with Crippen LogP contribution in [0.1, 0.15) is 16.9 Å². The summed E-state index contributed by atoms with van der Waals surface area (Å²) in [5.74, 6) is 0.785. The molecule has 0 radical (unpaired) electrons. The Hall–Kier alpha value is -1.41. The molecule has 1 aromatic carbocycles. The standard InChI is InChI=1S/C16H14ClN3OS3/c17-13-6-2-1-4-11(13)7-8-14(21)18-15-19-20-16(24-15)23-10-12-5-3-9-22-12/h1-6,9H,7-8,10H2,(H,18,19,21). The van der Waals surface area contributed by atoms with Gasteiger partial charge in [0.05, 0.1) is 0 Å². The average Bonchev–Trinajstić information content (AvgIpc) is 3.24. The van der Waals surface area contributed by atoms with Crippen LogP contribution in [0.25, 0.3) is 0 Å². The summed E-state index contributed by atoms with van der Waals surface area (Å²) in [6.45, 7) is 0. The molecule has 2 heterocycles. The normalized spacial score (nSPS) is 10.7. The maximum Gasteiger partial charge on any atom is 0.226 e. The van der Waals surface area contributed by atoms with E-state index in [1.165, 1.54) is 16.2 Å². The molecule has 2 aromatic heterocycles. The van der Waals surface area contributed by atoms with Gasteiger partial charge in [0.25, 0.3) is 0 Å². The fraction of sp³-hybridized carbons (Fsp3) is 0.188. The highest BCUT2D eigenvalue weighted by Gasteiger charge is 2.10. The minimum Gasteiger partial charge on any atom is -0.300 e. The van der Waals surface area contributed by atoms with Crippen LogP contribution in [-0.4, -0.2) is 16.1 Å². The van der Waals surface area contributed by atoms with E-state index in [1.807, 2.05) is 30.3 Å². The lowest BCUT2D eigenvalue weighted by molar-refractivity contribution is -0.116. The van der Waals surface area contributed by atoms with Crippen LogP contribution in [0, 0.1) is 0 Å². The first-order valence-corrected chi connectivity index (χ1v) is 10.3. The molecule has 0 saturated carbocycles. The molecule has 0 aliphatic heterocycles. The first-order valence-electron chi connectivity index (χ1n) is 7.22. The number of nitrogens with zero attached hydrogens (tertiary/aromatic N) is 2. The fourth-order valence-corrected chi connectivity index (χ4v) is 4.75. The van der Waals surface area contributed by atoms with E-state index in [9.17, 15) is 4.79 Å². The van der Waals surface area contributed by atoms with E-state index in [0.29, 0.717) is 23.0 Å². The van der Waals surface area contributed by atoms with Crippen molar-refractivity contribution < 1.29 is 4.79 Å². The van der Waals surface area contributed by atoms with E-state index < -0.39 is 0 Å². The number of halogens is 1. The molecule has 1 N–H and O–H groups in total. The first-order chi connectivity index (χ1) is 11.7. The molecule has 124 valence electrons. The zero-order chi connectivity index (χ0) is 16.8. The summed E-state index contributed by atoms with van der Waals surface area (Å²) in [5, 5.41) is 14.2. The van der Waals surface area contributed by atoms with Crippen LogP contribution < -0.4 is 5.32 Å². The van der Waals surface area contributed by atoms with Gasteiger partial charge in [0.2, 0.25) is 11.0 Å². The van der Waals surface area contributed by atoms with Gasteiger partial charge in [0, 0.05) is 22.1 Å². The Labute approximate surface area is 157 Å². The molecule has 0 atom stereocenters. The largest absolute Gasteiger partial charge is 0.300 e. The van der Waals surface area contributed by atoms with Crippen LogP contribution in [0.5, 0.6) is 0 Å². The van der Waals surface area contributed by atoms with Gasteiger partial charge in [-0.05, 0) is 29.5 Å². The molecule has 0 spiro atoms. The smallest absolute Gasteiger partial charge is 0.226 e. The van der Waals surface area contributed by atoms with Crippen LogP contribution in [0.15, 0.2) is 46.1 Å². The predicted octanol–water partition coefficient (Wildman–Crippen LogP) is 5.12. The minimum absolute atomic E-state index is 0.0825. The van der Waals surface area contributed by atoms with Crippen LogP contribution in [0.4, 0.5) is 5.13 Å². The van der Waals surface area contributed by atoms with Gasteiger partial charge in [0.15, 0.2) is 4.34 Å². The number of thioether (sulfide) groups is 1. The van der Waals surface area contributed by atoms with E-state index in [2.05, 4.69) is 27.0 Å². The molecule has 1 amide bonds. The molecule has 3 rings (SSSR count). The van der Waals surface area contributed by atoms with Gasteiger partial charge in [0.1, 0.15) is 0 Å². The number of amides is 1. The number of aryl methyl sites for hydroxylation is 1. The number of benzene rings is 1. The molecular weight excluding hydrogens is 382 g/mol. The molecule has 0 saturated heterocycles. The quantitative estimate of drug-likeness (QED) is 0.445. The molecule has 3 aromatic rings. The molecule has 0 fully saturated rings. The number of hydrogen-bond donors (Lipinski definition) is 1. The van der Waals surface area contributed by atoms with Gasteiger partial charge in [-0.3, -0.25) is 4.79 Å². The van der Waals surface area contributed by atoms with Crippen LogP contribution in [0.2, 0.25) is 5.02 Å². The SMILES string of the molecule is O=C(CCc1ccccc1Cl)Nc1nnc(SCc2cccs2)s1. The van der Waals surface area contributed by atoms with Crippen LogP contribution in [-0.2, 0) is 17.0 Å². The van der Waals surface area contributed by atoms with E-state index in [0.717, 1.165) is 15.7 Å². The number of carbonyl (C=O) groups is 1. The van der Waals surface area contributed by atoms with Crippen molar-refractivity contribution in [1.29, 1.82) is 0 Å². The summed E-state index contributed by atoms with van der Waals surface area (Å²) < 4.78 is 0.852. The Balaban J connectivity index is 1.47. The van der Waals surface area contributed by atoms with Crippen molar-refractivity contribution >= 4 is 57.1 Å². The van der Waals surface area contributed by atoms with Gasteiger partial charge in [-0.1, -0.05) is 59.0 Å². The van der Waals surface area contributed by atoms with E-state index in [-0.39, 0.29) is 5.91 Å². The third-order valence-corrected chi connectivity index (χ3v) is 6.60. The Morgan fingerprint density at radius 1 is 1.21 bits per heavy atom. The van der Waals surface area contributed by atoms with Crippen molar-refractivity contribution in [3.8, 4) is 0 Å². The van der Waals surface area contributed by atoms with Crippen molar-refractivity contribution in [2.45, 2.75) is 22.9 Å². The molecule has 24 heavy (non-hydrogen) atoms. The molecule has 0 aliphatic carbocycles. The second-order valence-corrected chi connectivity index (χ2v) is 8.52. The Morgan fingerprint density at radius 2 is 2.08 bits per heavy atom. The molecule has 8 heteroatoms. The zero-order valence-corrected chi connectivity index (χ0v) is 15.8. The molecule has 0 bridgehead atoms. The highest BCUT2D eigenvalue weighted by molar-refractivity contribution is 8.00. The van der Waals surface area contributed by atoms with Gasteiger partial charge >= 0.3 is 0 Å². The molecule has 0 aliphatic rings. The zero-order valence-electron chi connectivity index (χ0n) is 12.6.